The minimum Gasteiger partial charge on any atom is -0.726 e. The van der Waals surface area contributed by atoms with Crippen molar-refractivity contribution in [2.45, 2.75) is 104 Å². The third kappa shape index (κ3) is 31.6. The Morgan fingerprint density at radius 1 is 0.692 bits per heavy atom. The van der Waals surface area contributed by atoms with Crippen LogP contribution in [-0.2, 0) is 14.6 Å². The molecule has 0 saturated carbocycles. The summed E-state index contributed by atoms with van der Waals surface area (Å²) in [7, 11) is -0.0559. The van der Waals surface area contributed by atoms with E-state index < -0.39 is 10.4 Å². The summed E-state index contributed by atoms with van der Waals surface area (Å²) in [6.07, 6.45) is 17.3. The van der Waals surface area contributed by atoms with Crippen molar-refractivity contribution in [3.05, 3.63) is 0 Å². The number of nitrogens with one attached hydrogen (secondary N) is 1. The van der Waals surface area contributed by atoms with Crippen molar-refractivity contribution in [2.75, 3.05) is 27.2 Å². The third-order valence-corrected chi connectivity index (χ3v) is 4.71. The maximum atomic E-state index is 10.1. The Morgan fingerprint density at radius 3 is 1.46 bits per heavy atom. The van der Waals surface area contributed by atoms with Crippen molar-refractivity contribution in [1.29, 1.82) is 0 Å². The fraction of sp³-hybridized carbons (Fsp3) is 1.00. The van der Waals surface area contributed by atoms with Crippen molar-refractivity contribution < 1.29 is 22.1 Å². The summed E-state index contributed by atoms with van der Waals surface area (Å²) in [5.74, 6) is 0. The molecule has 0 amide bonds. The van der Waals surface area contributed by atoms with Gasteiger partial charge in [0.1, 0.15) is 0 Å². The highest BCUT2D eigenvalue weighted by atomic mass is 32.3. The predicted molar refractivity (Wildman–Crippen MR) is 109 cm³/mol. The molecule has 160 valence electrons. The highest BCUT2D eigenvalue weighted by Gasteiger charge is 1.95. The van der Waals surface area contributed by atoms with Crippen LogP contribution in [0.25, 0.3) is 0 Å². The van der Waals surface area contributed by atoms with E-state index >= 15 is 0 Å². The van der Waals surface area contributed by atoms with Crippen LogP contribution in [-0.4, -0.2) is 40.2 Å². The molecule has 0 rings (SSSR count). The van der Waals surface area contributed by atoms with Crippen LogP contribution in [0, 0.1) is 0 Å². The van der Waals surface area contributed by atoms with Crippen LogP contribution >= 0.6 is 0 Å². The number of rotatable bonds is 17. The number of unbranched alkanes of at least 4 members (excludes halogenated alkanes) is 12. The highest BCUT2D eigenvalue weighted by Crippen LogP contribution is 2.10. The van der Waals surface area contributed by atoms with Gasteiger partial charge in [0.25, 0.3) is 0 Å². The lowest BCUT2D eigenvalue weighted by atomic mass is 10.1. The summed E-state index contributed by atoms with van der Waals surface area (Å²) < 4.78 is 34.5. The molecule has 0 radical (unpaired) electrons. The van der Waals surface area contributed by atoms with E-state index in [-0.39, 0.29) is 6.61 Å². The maximum absolute atomic E-state index is 10.1. The molecule has 0 aromatic carbocycles. The van der Waals surface area contributed by atoms with Gasteiger partial charge in [0.15, 0.2) is 0 Å². The molecule has 0 atom stereocenters. The number of hydrogen-bond donors (Lipinski definition) is 1. The van der Waals surface area contributed by atoms with Gasteiger partial charge in [-0.3, -0.25) is 4.18 Å². The summed E-state index contributed by atoms with van der Waals surface area (Å²) in [5, 5.41) is 0. The minimum absolute atomic E-state index is 0.0301. The lowest BCUT2D eigenvalue weighted by Crippen LogP contribution is -3.05. The second-order valence-corrected chi connectivity index (χ2v) is 8.48. The van der Waals surface area contributed by atoms with E-state index in [1.54, 1.807) is 4.90 Å². The largest absolute Gasteiger partial charge is 0.726 e. The van der Waals surface area contributed by atoms with Crippen LogP contribution in [0.4, 0.5) is 0 Å². The van der Waals surface area contributed by atoms with Gasteiger partial charge in [-0.25, -0.2) is 8.42 Å². The summed E-state index contributed by atoms with van der Waals surface area (Å²) in [6, 6.07) is 0. The Labute approximate surface area is 163 Å². The molecule has 0 saturated heterocycles. The van der Waals surface area contributed by atoms with E-state index in [0.717, 1.165) is 12.8 Å². The average molecular weight is 396 g/mol. The van der Waals surface area contributed by atoms with Gasteiger partial charge in [0.2, 0.25) is 10.4 Å². The van der Waals surface area contributed by atoms with Gasteiger partial charge in [-0.05, 0) is 19.3 Å². The summed E-state index contributed by atoms with van der Waals surface area (Å²) >= 11 is 0. The van der Waals surface area contributed by atoms with E-state index in [1.165, 1.54) is 77.2 Å². The Hall–Kier alpha value is -0.170. The van der Waals surface area contributed by atoms with E-state index in [4.69, 9.17) is 0 Å². The van der Waals surface area contributed by atoms with E-state index in [0.29, 0.717) is 6.42 Å². The first-order valence-electron chi connectivity index (χ1n) is 10.7. The van der Waals surface area contributed by atoms with Crippen molar-refractivity contribution >= 4 is 10.4 Å². The molecule has 0 aliphatic rings. The van der Waals surface area contributed by atoms with Crippen molar-refractivity contribution in [3.8, 4) is 0 Å². The van der Waals surface area contributed by atoms with Gasteiger partial charge >= 0.3 is 0 Å². The number of hydrogen-bond acceptors (Lipinski definition) is 4. The molecule has 0 heterocycles. The fourth-order valence-corrected chi connectivity index (χ4v) is 2.98. The van der Waals surface area contributed by atoms with Crippen LogP contribution in [0.1, 0.15) is 104 Å². The molecule has 0 fully saturated rings. The zero-order chi connectivity index (χ0) is 20.1. The van der Waals surface area contributed by atoms with Crippen LogP contribution in [0.5, 0.6) is 0 Å². The quantitative estimate of drug-likeness (QED) is 0.229. The Morgan fingerprint density at radius 2 is 1.08 bits per heavy atom. The molecule has 5 nitrogen and oxygen atoms in total. The van der Waals surface area contributed by atoms with Crippen LogP contribution in [0.15, 0.2) is 0 Å². The average Bonchev–Trinajstić information content (AvgIpc) is 2.56. The summed E-state index contributed by atoms with van der Waals surface area (Å²) in [6.45, 7) is 5.83. The van der Waals surface area contributed by atoms with Crippen molar-refractivity contribution in [3.63, 3.8) is 0 Å². The zero-order valence-electron chi connectivity index (χ0n) is 17.9. The van der Waals surface area contributed by atoms with Gasteiger partial charge in [0.05, 0.1) is 27.2 Å². The first kappa shape index (κ1) is 28.0. The maximum Gasteiger partial charge on any atom is 0.217 e. The monoisotopic (exact) mass is 395 g/mol. The molecule has 0 unspecified atom stereocenters. The molecule has 0 aromatic heterocycles. The first-order chi connectivity index (χ1) is 12.3. The molecule has 6 heteroatoms. The second kappa shape index (κ2) is 21.1. The van der Waals surface area contributed by atoms with Gasteiger partial charge in [0, 0.05) is 0 Å². The van der Waals surface area contributed by atoms with E-state index in [9.17, 15) is 13.0 Å². The number of quaternary nitrogens is 1. The van der Waals surface area contributed by atoms with Gasteiger partial charge < -0.3 is 9.45 Å². The fourth-order valence-electron chi connectivity index (χ4n) is 2.66. The Kier molecular flexibility index (Phi) is 22.8. The highest BCUT2D eigenvalue weighted by molar-refractivity contribution is 7.80. The lowest BCUT2D eigenvalue weighted by molar-refractivity contribution is -0.858. The normalized spacial score (nSPS) is 11.5. The molecule has 0 bridgehead atoms. The lowest BCUT2D eigenvalue weighted by Gasteiger charge is -2.06. The molecule has 0 spiro atoms. The molecule has 0 aliphatic carbocycles. The van der Waals surface area contributed by atoms with Crippen LogP contribution in [0.2, 0.25) is 0 Å². The topological polar surface area (TPSA) is 70.9 Å². The molecule has 26 heavy (non-hydrogen) atoms. The summed E-state index contributed by atoms with van der Waals surface area (Å²) in [4.78, 5) is 1.58. The first-order valence-corrected chi connectivity index (χ1v) is 12.1. The minimum atomic E-state index is -4.48. The van der Waals surface area contributed by atoms with Crippen LogP contribution in [0.3, 0.4) is 0 Å². The van der Waals surface area contributed by atoms with Gasteiger partial charge in [-0.15, -0.1) is 0 Å². The van der Waals surface area contributed by atoms with Crippen LogP contribution < -0.4 is 4.90 Å². The van der Waals surface area contributed by atoms with Crippen molar-refractivity contribution in [2.24, 2.45) is 0 Å². The van der Waals surface area contributed by atoms with Gasteiger partial charge in [-0.2, -0.15) is 0 Å². The predicted octanol–water partition coefficient (Wildman–Crippen LogP) is 4.10. The van der Waals surface area contributed by atoms with E-state index in [2.05, 4.69) is 32.1 Å². The second-order valence-electron chi connectivity index (χ2n) is 7.43. The van der Waals surface area contributed by atoms with Gasteiger partial charge in [-0.1, -0.05) is 84.5 Å². The van der Waals surface area contributed by atoms with E-state index in [1.807, 2.05) is 0 Å². The third-order valence-electron chi connectivity index (χ3n) is 4.26. The van der Waals surface area contributed by atoms with Crippen molar-refractivity contribution in [1.82, 2.24) is 0 Å². The molecular weight excluding hydrogens is 350 g/mol. The molecule has 1 N–H and O–H groups in total. The smallest absolute Gasteiger partial charge is 0.217 e. The summed E-state index contributed by atoms with van der Waals surface area (Å²) in [5.41, 5.74) is 0. The molecular formula is C20H45NO4S. The standard InChI is InChI=1S/C12H26O4S.C8H19N/c1-2-3-4-5-6-7-8-9-10-11-12-16-17(13,14)15;1-4-5-6-7-8-9(2)3/h2-12H2,1H3,(H,13,14,15);4-8H2,1-3H3. The molecule has 0 aromatic rings. The molecule has 0 aliphatic heterocycles. The SMILES string of the molecule is CCCCCCCCCCCCOS(=O)(=O)[O-].CCCCCC[NH+](C)C. The Bertz CT molecular complexity index is 359. The Balaban J connectivity index is 0. The zero-order valence-corrected chi connectivity index (χ0v) is 18.7.